The Morgan fingerprint density at radius 2 is 1.57 bits per heavy atom. The van der Waals surface area contributed by atoms with Gasteiger partial charge in [0.05, 0.1) is 15.5 Å². The molecule has 0 bridgehead atoms. The number of ether oxygens (including phenoxy) is 1. The number of hydrogen-bond donors (Lipinski definition) is 0. The summed E-state index contributed by atoms with van der Waals surface area (Å²) < 4.78 is 31.9. The molecule has 0 saturated heterocycles. The van der Waals surface area contributed by atoms with E-state index in [1.807, 2.05) is 27.7 Å². The fourth-order valence-corrected chi connectivity index (χ4v) is 4.67. The smallest absolute Gasteiger partial charge is 0.340 e. The Hall–Kier alpha value is -1.64. The van der Waals surface area contributed by atoms with Crippen LogP contribution >= 0.6 is 11.6 Å². The Morgan fingerprint density at radius 1 is 1.03 bits per heavy atom. The molecule has 0 radical (unpaired) electrons. The topological polar surface area (TPSA) is 84.0 Å². The number of nitrogens with zero attached hydrogens (tertiary/aromatic N) is 2. The minimum Gasteiger partial charge on any atom is -0.452 e. The van der Waals surface area contributed by atoms with E-state index in [1.54, 1.807) is 18.7 Å². The number of carbonyl (C=O) groups excluding carboxylic acids is 2. The molecule has 30 heavy (non-hydrogen) atoms. The van der Waals surface area contributed by atoms with Gasteiger partial charge in [-0.2, -0.15) is 4.31 Å². The average Bonchev–Trinajstić information content (AvgIpc) is 2.65. The molecule has 0 spiro atoms. The largest absolute Gasteiger partial charge is 0.452 e. The quantitative estimate of drug-likeness (QED) is 0.470. The van der Waals surface area contributed by atoms with Crippen molar-refractivity contribution in [1.82, 2.24) is 9.21 Å². The number of hydrogen-bond acceptors (Lipinski definition) is 5. The van der Waals surface area contributed by atoms with Crippen molar-refractivity contribution in [3.8, 4) is 0 Å². The van der Waals surface area contributed by atoms with E-state index in [1.165, 1.54) is 22.5 Å². The fourth-order valence-electron chi connectivity index (χ4n) is 2.99. The van der Waals surface area contributed by atoms with Crippen molar-refractivity contribution < 1.29 is 22.7 Å². The molecule has 9 heteroatoms. The number of sulfonamides is 1. The van der Waals surface area contributed by atoms with Crippen LogP contribution in [0.25, 0.3) is 0 Å². The van der Waals surface area contributed by atoms with Gasteiger partial charge in [-0.1, -0.05) is 53.1 Å². The predicted molar refractivity (Wildman–Crippen MR) is 118 cm³/mol. The monoisotopic (exact) mass is 460 g/mol. The van der Waals surface area contributed by atoms with E-state index in [0.717, 1.165) is 0 Å². The Labute approximate surface area is 185 Å². The number of benzene rings is 1. The summed E-state index contributed by atoms with van der Waals surface area (Å²) in [5.41, 5.74) is -0.0861. The first-order valence-electron chi connectivity index (χ1n) is 10.2. The molecule has 0 aromatic heterocycles. The number of halogens is 1. The Morgan fingerprint density at radius 3 is 2.03 bits per heavy atom. The predicted octanol–water partition coefficient (Wildman–Crippen LogP) is 3.67. The maximum atomic E-state index is 12.7. The summed E-state index contributed by atoms with van der Waals surface area (Å²) in [6, 6.07) is 3.90. The Bertz CT molecular complexity index is 826. The van der Waals surface area contributed by atoms with Gasteiger partial charge in [-0.25, -0.2) is 13.2 Å². The summed E-state index contributed by atoms with van der Waals surface area (Å²) >= 11 is 6.10. The summed E-state index contributed by atoms with van der Waals surface area (Å²) in [6.07, 6.45) is 0. The first-order chi connectivity index (χ1) is 13.9. The third-order valence-corrected chi connectivity index (χ3v) is 6.73. The van der Waals surface area contributed by atoms with Crippen LogP contribution in [0.4, 0.5) is 0 Å². The van der Waals surface area contributed by atoms with Gasteiger partial charge < -0.3 is 9.64 Å². The number of amides is 1. The molecule has 1 rings (SSSR count). The van der Waals surface area contributed by atoms with Gasteiger partial charge in [0.25, 0.3) is 5.91 Å². The molecule has 0 heterocycles. The van der Waals surface area contributed by atoms with E-state index in [4.69, 9.17) is 16.3 Å². The van der Waals surface area contributed by atoms with Gasteiger partial charge in [0.1, 0.15) is 0 Å². The van der Waals surface area contributed by atoms with Gasteiger partial charge in [-0.15, -0.1) is 0 Å². The zero-order valence-electron chi connectivity index (χ0n) is 18.6. The molecule has 0 saturated carbocycles. The average molecular weight is 461 g/mol. The van der Waals surface area contributed by atoms with Crippen LogP contribution in [0.2, 0.25) is 5.02 Å². The first-order valence-corrected chi connectivity index (χ1v) is 12.0. The highest BCUT2D eigenvalue weighted by molar-refractivity contribution is 7.89. The molecule has 170 valence electrons. The number of carbonyl (C=O) groups is 2. The van der Waals surface area contributed by atoms with Gasteiger partial charge in [0.2, 0.25) is 10.0 Å². The first kappa shape index (κ1) is 26.4. The second-order valence-electron chi connectivity index (χ2n) is 7.89. The SMILES string of the molecule is CCN(CC)S(=O)(=O)c1ccc(Cl)c(C(=O)OCC(=O)N(CC(C)C)CC(C)C)c1. The highest BCUT2D eigenvalue weighted by atomic mass is 35.5. The van der Waals surface area contributed by atoms with Crippen molar-refractivity contribution in [2.24, 2.45) is 11.8 Å². The van der Waals surface area contributed by atoms with E-state index in [9.17, 15) is 18.0 Å². The second-order valence-corrected chi connectivity index (χ2v) is 10.2. The van der Waals surface area contributed by atoms with E-state index in [0.29, 0.717) is 26.2 Å². The molecular formula is C21H33ClN2O5S. The third kappa shape index (κ3) is 7.25. The van der Waals surface area contributed by atoms with Gasteiger partial charge in [0.15, 0.2) is 6.61 Å². The van der Waals surface area contributed by atoms with Crippen molar-refractivity contribution in [3.05, 3.63) is 28.8 Å². The van der Waals surface area contributed by atoms with Gasteiger partial charge in [-0.05, 0) is 30.0 Å². The summed E-state index contributed by atoms with van der Waals surface area (Å²) in [6.45, 7) is 12.8. The lowest BCUT2D eigenvalue weighted by Crippen LogP contribution is -2.39. The Balaban J connectivity index is 3.00. The van der Waals surface area contributed by atoms with Crippen LogP contribution in [-0.2, 0) is 19.6 Å². The fraction of sp³-hybridized carbons (Fsp3) is 0.619. The maximum absolute atomic E-state index is 12.7. The van der Waals surface area contributed by atoms with Crippen LogP contribution in [0, 0.1) is 11.8 Å². The zero-order valence-corrected chi connectivity index (χ0v) is 20.2. The molecule has 1 amide bonds. The highest BCUT2D eigenvalue weighted by Gasteiger charge is 2.25. The van der Waals surface area contributed by atoms with Gasteiger partial charge in [0, 0.05) is 26.2 Å². The lowest BCUT2D eigenvalue weighted by molar-refractivity contribution is -0.135. The molecule has 1 aromatic rings. The Kier molecular flexibility index (Phi) is 10.3. The molecule has 0 aliphatic carbocycles. The van der Waals surface area contributed by atoms with Crippen molar-refractivity contribution in [1.29, 1.82) is 0 Å². The highest BCUT2D eigenvalue weighted by Crippen LogP contribution is 2.23. The van der Waals surface area contributed by atoms with Gasteiger partial charge in [-0.3, -0.25) is 4.79 Å². The molecule has 1 aromatic carbocycles. The molecule has 0 aliphatic heterocycles. The molecule has 0 fully saturated rings. The van der Waals surface area contributed by atoms with E-state index >= 15 is 0 Å². The van der Waals surface area contributed by atoms with Crippen LogP contribution in [-0.4, -0.2) is 62.3 Å². The lowest BCUT2D eigenvalue weighted by atomic mass is 10.1. The minimum atomic E-state index is -3.75. The van der Waals surface area contributed by atoms with Crippen LogP contribution < -0.4 is 0 Å². The molecule has 0 N–H and O–H groups in total. The summed E-state index contributed by atoms with van der Waals surface area (Å²) in [7, 11) is -3.75. The normalized spacial score (nSPS) is 11.9. The van der Waals surface area contributed by atoms with E-state index < -0.39 is 22.6 Å². The number of esters is 1. The molecule has 0 unspecified atom stereocenters. The molecule has 7 nitrogen and oxygen atoms in total. The van der Waals surface area contributed by atoms with Crippen LogP contribution in [0.1, 0.15) is 51.9 Å². The van der Waals surface area contributed by atoms with Crippen molar-refractivity contribution in [3.63, 3.8) is 0 Å². The summed E-state index contributed by atoms with van der Waals surface area (Å²) in [5, 5.41) is 0.0622. The lowest BCUT2D eigenvalue weighted by Gasteiger charge is -2.26. The zero-order chi connectivity index (χ0) is 23.1. The van der Waals surface area contributed by atoms with Crippen molar-refractivity contribution >= 4 is 33.5 Å². The standard InChI is InChI=1S/C21H33ClN2O5S/c1-7-24(8-2)30(27,28)17-9-10-19(22)18(11-17)21(26)29-14-20(25)23(12-15(3)4)13-16(5)6/h9-11,15-16H,7-8,12-14H2,1-6H3. The van der Waals surface area contributed by atoms with Crippen LogP contribution in [0.5, 0.6) is 0 Å². The van der Waals surface area contributed by atoms with Crippen molar-refractivity contribution in [2.75, 3.05) is 32.8 Å². The maximum Gasteiger partial charge on any atom is 0.340 e. The molecule has 0 atom stereocenters. The number of rotatable bonds is 11. The minimum absolute atomic E-state index is 0.0462. The third-order valence-electron chi connectivity index (χ3n) is 4.35. The van der Waals surface area contributed by atoms with E-state index in [-0.39, 0.29) is 33.2 Å². The van der Waals surface area contributed by atoms with Crippen molar-refractivity contribution in [2.45, 2.75) is 46.4 Å². The van der Waals surface area contributed by atoms with Gasteiger partial charge >= 0.3 is 5.97 Å². The molecular weight excluding hydrogens is 428 g/mol. The second kappa shape index (κ2) is 11.7. The summed E-state index contributed by atoms with van der Waals surface area (Å²) in [4.78, 5) is 26.7. The molecule has 0 aliphatic rings. The summed E-state index contributed by atoms with van der Waals surface area (Å²) in [5.74, 6) is -0.576. The van der Waals surface area contributed by atoms with Crippen LogP contribution in [0.3, 0.4) is 0 Å². The van der Waals surface area contributed by atoms with Crippen LogP contribution in [0.15, 0.2) is 23.1 Å². The van der Waals surface area contributed by atoms with E-state index in [2.05, 4.69) is 0 Å².